The molecule has 1 aliphatic heterocycles. The molecule has 3 amide bonds. The Morgan fingerprint density at radius 3 is 2.66 bits per heavy atom. The van der Waals surface area contributed by atoms with Gasteiger partial charge in [0.25, 0.3) is 0 Å². The first kappa shape index (κ1) is 20.8. The fourth-order valence-electron chi connectivity index (χ4n) is 3.19. The summed E-state index contributed by atoms with van der Waals surface area (Å²) in [5, 5.41) is 6.29. The quantitative estimate of drug-likeness (QED) is 0.724. The average Bonchev–Trinajstić information content (AvgIpc) is 3.07. The van der Waals surface area contributed by atoms with Gasteiger partial charge in [-0.1, -0.05) is 17.7 Å². The van der Waals surface area contributed by atoms with Crippen LogP contribution in [0, 0.1) is 0 Å². The SMILES string of the molecule is CCOc1cc(CNC(=O)N[C@H]2CC(=O)N(c3ccc(Cl)cc3)C2)ccc1OC. The van der Waals surface area contributed by atoms with E-state index in [0.717, 1.165) is 11.3 Å². The molecule has 0 radical (unpaired) electrons. The highest BCUT2D eigenvalue weighted by atomic mass is 35.5. The number of hydrogen-bond acceptors (Lipinski definition) is 4. The van der Waals surface area contributed by atoms with Crippen LogP contribution in [0.1, 0.15) is 18.9 Å². The summed E-state index contributed by atoms with van der Waals surface area (Å²) in [5.74, 6) is 1.25. The fourth-order valence-corrected chi connectivity index (χ4v) is 3.32. The molecule has 1 saturated heterocycles. The topological polar surface area (TPSA) is 79.9 Å². The van der Waals surface area contributed by atoms with Gasteiger partial charge in [0.1, 0.15) is 0 Å². The van der Waals surface area contributed by atoms with Crippen LogP contribution in [-0.4, -0.2) is 38.2 Å². The largest absolute Gasteiger partial charge is 0.493 e. The Bertz CT molecular complexity index is 873. The predicted octanol–water partition coefficient (Wildman–Crippen LogP) is 3.35. The number of amides is 3. The van der Waals surface area contributed by atoms with E-state index >= 15 is 0 Å². The summed E-state index contributed by atoms with van der Waals surface area (Å²) < 4.78 is 10.8. The van der Waals surface area contributed by atoms with Crippen molar-refractivity contribution in [2.75, 3.05) is 25.2 Å². The number of benzene rings is 2. The standard InChI is InChI=1S/C21H24ClN3O4/c1-3-29-19-10-14(4-9-18(19)28-2)12-23-21(27)24-16-11-20(26)25(13-16)17-7-5-15(22)6-8-17/h4-10,16H,3,11-13H2,1-2H3,(H2,23,24,27)/t16-/m0/s1. The van der Waals surface area contributed by atoms with Crippen LogP contribution >= 0.6 is 11.6 Å². The Morgan fingerprint density at radius 1 is 1.21 bits per heavy atom. The first-order valence-electron chi connectivity index (χ1n) is 9.40. The molecule has 154 valence electrons. The lowest BCUT2D eigenvalue weighted by molar-refractivity contribution is -0.117. The molecular weight excluding hydrogens is 394 g/mol. The van der Waals surface area contributed by atoms with Crippen molar-refractivity contribution in [1.29, 1.82) is 0 Å². The van der Waals surface area contributed by atoms with E-state index in [9.17, 15) is 9.59 Å². The smallest absolute Gasteiger partial charge is 0.315 e. The highest BCUT2D eigenvalue weighted by Gasteiger charge is 2.31. The number of hydrogen-bond donors (Lipinski definition) is 2. The van der Waals surface area contributed by atoms with Crippen molar-refractivity contribution in [3.63, 3.8) is 0 Å². The monoisotopic (exact) mass is 417 g/mol. The molecule has 29 heavy (non-hydrogen) atoms. The van der Waals surface area contributed by atoms with Crippen molar-refractivity contribution in [3.05, 3.63) is 53.1 Å². The Morgan fingerprint density at radius 2 is 1.97 bits per heavy atom. The van der Waals surface area contributed by atoms with E-state index in [1.807, 2.05) is 19.1 Å². The number of carbonyl (C=O) groups excluding carboxylic acids is 2. The number of ether oxygens (including phenoxy) is 2. The first-order valence-corrected chi connectivity index (χ1v) is 9.78. The normalized spacial score (nSPS) is 15.9. The third kappa shape index (κ3) is 5.32. The van der Waals surface area contributed by atoms with Crippen LogP contribution < -0.4 is 25.0 Å². The number of nitrogens with zero attached hydrogens (tertiary/aromatic N) is 1. The van der Waals surface area contributed by atoms with Gasteiger partial charge >= 0.3 is 6.03 Å². The molecule has 2 aromatic rings. The number of methoxy groups -OCH3 is 1. The molecule has 3 rings (SSSR count). The maximum Gasteiger partial charge on any atom is 0.315 e. The van der Waals surface area contributed by atoms with E-state index in [2.05, 4.69) is 10.6 Å². The minimum atomic E-state index is -0.325. The minimum absolute atomic E-state index is 0.0332. The van der Waals surface area contributed by atoms with Crippen LogP contribution in [0.15, 0.2) is 42.5 Å². The van der Waals surface area contributed by atoms with Gasteiger partial charge in [0.2, 0.25) is 5.91 Å². The molecule has 0 bridgehead atoms. The van der Waals surface area contributed by atoms with E-state index in [1.165, 1.54) is 0 Å². The molecule has 0 saturated carbocycles. The number of halogens is 1. The highest BCUT2D eigenvalue weighted by molar-refractivity contribution is 6.30. The molecule has 0 aromatic heterocycles. The fraction of sp³-hybridized carbons (Fsp3) is 0.333. The van der Waals surface area contributed by atoms with Gasteiger partial charge < -0.3 is 25.0 Å². The second kappa shape index (κ2) is 9.52. The zero-order valence-corrected chi connectivity index (χ0v) is 17.2. The van der Waals surface area contributed by atoms with Crippen LogP contribution in [0.2, 0.25) is 5.02 Å². The van der Waals surface area contributed by atoms with Gasteiger partial charge in [-0.3, -0.25) is 4.79 Å². The van der Waals surface area contributed by atoms with Gasteiger partial charge in [0.15, 0.2) is 11.5 Å². The lowest BCUT2D eigenvalue weighted by atomic mass is 10.2. The van der Waals surface area contributed by atoms with Gasteiger partial charge in [-0.15, -0.1) is 0 Å². The molecule has 8 heteroatoms. The summed E-state index contributed by atoms with van der Waals surface area (Å²) >= 11 is 5.90. The molecule has 0 spiro atoms. The number of urea groups is 1. The second-order valence-electron chi connectivity index (χ2n) is 6.63. The molecule has 7 nitrogen and oxygen atoms in total. The lowest BCUT2D eigenvalue weighted by Crippen LogP contribution is -2.43. The highest BCUT2D eigenvalue weighted by Crippen LogP contribution is 2.28. The van der Waals surface area contributed by atoms with E-state index in [-0.39, 0.29) is 24.4 Å². The van der Waals surface area contributed by atoms with Gasteiger partial charge in [-0.25, -0.2) is 4.79 Å². The third-order valence-corrected chi connectivity index (χ3v) is 4.83. The third-order valence-electron chi connectivity index (χ3n) is 4.58. The van der Waals surface area contributed by atoms with Gasteiger partial charge in [-0.05, 0) is 48.9 Å². The Kier molecular flexibility index (Phi) is 6.82. The molecule has 1 atom stereocenters. The zero-order valence-electron chi connectivity index (χ0n) is 16.4. The lowest BCUT2D eigenvalue weighted by Gasteiger charge is -2.17. The molecule has 1 aliphatic rings. The van der Waals surface area contributed by atoms with Crippen molar-refractivity contribution in [2.24, 2.45) is 0 Å². The van der Waals surface area contributed by atoms with E-state index in [1.54, 1.807) is 42.3 Å². The number of anilines is 1. The first-order chi connectivity index (χ1) is 14.0. The molecule has 0 unspecified atom stereocenters. The van der Waals surface area contributed by atoms with Crippen LogP contribution in [0.5, 0.6) is 11.5 Å². The Hall–Kier alpha value is -2.93. The minimum Gasteiger partial charge on any atom is -0.493 e. The molecule has 0 aliphatic carbocycles. The van der Waals surface area contributed by atoms with Gasteiger partial charge in [0.05, 0.1) is 19.8 Å². The summed E-state index contributed by atoms with van der Waals surface area (Å²) in [6.07, 6.45) is 0.257. The van der Waals surface area contributed by atoms with Crippen molar-refractivity contribution in [3.8, 4) is 11.5 Å². The maximum absolute atomic E-state index is 12.3. The van der Waals surface area contributed by atoms with E-state index in [4.69, 9.17) is 21.1 Å². The van der Waals surface area contributed by atoms with Gasteiger partial charge in [0, 0.05) is 30.2 Å². The predicted molar refractivity (Wildman–Crippen MR) is 112 cm³/mol. The number of nitrogens with one attached hydrogen (secondary N) is 2. The summed E-state index contributed by atoms with van der Waals surface area (Å²) in [6, 6.07) is 12.0. The van der Waals surface area contributed by atoms with Crippen LogP contribution in [0.4, 0.5) is 10.5 Å². The van der Waals surface area contributed by atoms with Crippen LogP contribution in [0.3, 0.4) is 0 Å². The van der Waals surface area contributed by atoms with Gasteiger partial charge in [-0.2, -0.15) is 0 Å². The average molecular weight is 418 g/mol. The Labute approximate surface area is 174 Å². The number of rotatable bonds is 7. The molecular formula is C21H24ClN3O4. The van der Waals surface area contributed by atoms with Crippen LogP contribution in [0.25, 0.3) is 0 Å². The summed E-state index contributed by atoms with van der Waals surface area (Å²) in [4.78, 5) is 26.2. The van der Waals surface area contributed by atoms with Crippen molar-refractivity contribution in [1.82, 2.24) is 10.6 Å². The summed E-state index contributed by atoms with van der Waals surface area (Å²) in [5.41, 5.74) is 1.65. The molecule has 2 N–H and O–H groups in total. The van der Waals surface area contributed by atoms with E-state index in [0.29, 0.717) is 36.2 Å². The Balaban J connectivity index is 1.53. The zero-order chi connectivity index (χ0) is 20.8. The van der Waals surface area contributed by atoms with E-state index < -0.39 is 0 Å². The molecule has 2 aromatic carbocycles. The summed E-state index contributed by atoms with van der Waals surface area (Å²) in [7, 11) is 1.58. The van der Waals surface area contributed by atoms with Crippen LogP contribution in [-0.2, 0) is 11.3 Å². The maximum atomic E-state index is 12.3. The van der Waals surface area contributed by atoms with Crippen molar-refractivity contribution >= 4 is 29.2 Å². The van der Waals surface area contributed by atoms with Crippen molar-refractivity contribution in [2.45, 2.75) is 25.9 Å². The molecule has 1 heterocycles. The summed E-state index contributed by atoms with van der Waals surface area (Å²) in [6.45, 7) is 3.17. The number of carbonyl (C=O) groups is 2. The van der Waals surface area contributed by atoms with Crippen molar-refractivity contribution < 1.29 is 19.1 Å². The molecule has 1 fully saturated rings. The second-order valence-corrected chi connectivity index (χ2v) is 7.06.